The van der Waals surface area contributed by atoms with Gasteiger partial charge in [-0.05, 0) is 49.3 Å². The van der Waals surface area contributed by atoms with Crippen molar-refractivity contribution in [2.75, 3.05) is 0 Å². The largest absolute Gasteiger partial charge is 0.416 e. The molecule has 106 valence electrons. The molecule has 19 heavy (non-hydrogen) atoms. The first-order chi connectivity index (χ1) is 8.85. The third kappa shape index (κ3) is 3.11. The fraction of sp³-hybridized carbons (Fsp3) is 0.600. The molecule has 2 rings (SSSR count). The van der Waals surface area contributed by atoms with Gasteiger partial charge in [-0.15, -0.1) is 0 Å². The lowest BCUT2D eigenvalue weighted by Gasteiger charge is -2.37. The van der Waals surface area contributed by atoms with Crippen LogP contribution in [0.25, 0.3) is 0 Å². The molecular formula is C15H20F3N. The molecule has 1 aliphatic carbocycles. The highest BCUT2D eigenvalue weighted by atomic mass is 19.4. The van der Waals surface area contributed by atoms with E-state index in [4.69, 9.17) is 5.73 Å². The van der Waals surface area contributed by atoms with Gasteiger partial charge in [-0.25, -0.2) is 0 Å². The van der Waals surface area contributed by atoms with Crippen molar-refractivity contribution in [2.24, 2.45) is 11.7 Å². The lowest BCUT2D eigenvalue weighted by atomic mass is 9.72. The van der Waals surface area contributed by atoms with Gasteiger partial charge in [0.05, 0.1) is 5.56 Å². The Morgan fingerprint density at radius 2 is 1.68 bits per heavy atom. The van der Waals surface area contributed by atoms with Crippen LogP contribution in [0.15, 0.2) is 24.3 Å². The predicted octanol–water partition coefficient (Wildman–Crippen LogP) is 4.46. The van der Waals surface area contributed by atoms with Crippen molar-refractivity contribution in [3.05, 3.63) is 35.4 Å². The molecule has 1 saturated carbocycles. The van der Waals surface area contributed by atoms with Gasteiger partial charge in [0, 0.05) is 5.54 Å². The summed E-state index contributed by atoms with van der Waals surface area (Å²) in [7, 11) is 0. The molecule has 1 aromatic rings. The Morgan fingerprint density at radius 1 is 1.16 bits per heavy atom. The van der Waals surface area contributed by atoms with Gasteiger partial charge in [0.25, 0.3) is 0 Å². The molecule has 1 aromatic carbocycles. The zero-order chi connectivity index (χ0) is 14.1. The van der Waals surface area contributed by atoms with E-state index in [0.717, 1.165) is 49.8 Å². The van der Waals surface area contributed by atoms with Gasteiger partial charge >= 0.3 is 6.18 Å². The van der Waals surface area contributed by atoms with Gasteiger partial charge < -0.3 is 5.73 Å². The Labute approximate surface area is 112 Å². The lowest BCUT2D eigenvalue weighted by molar-refractivity contribution is -0.137. The molecule has 0 saturated heterocycles. The van der Waals surface area contributed by atoms with Crippen LogP contribution in [0, 0.1) is 5.92 Å². The van der Waals surface area contributed by atoms with Crippen molar-refractivity contribution in [1.82, 2.24) is 0 Å². The van der Waals surface area contributed by atoms with Crippen LogP contribution in [-0.2, 0) is 11.7 Å². The maximum absolute atomic E-state index is 12.5. The van der Waals surface area contributed by atoms with Gasteiger partial charge in [0.1, 0.15) is 0 Å². The Balaban J connectivity index is 2.14. The number of nitrogens with two attached hydrogens (primary N) is 1. The highest BCUT2D eigenvalue weighted by Crippen LogP contribution is 2.39. The van der Waals surface area contributed by atoms with Crippen LogP contribution in [0.1, 0.15) is 50.2 Å². The zero-order valence-corrected chi connectivity index (χ0v) is 11.1. The molecular weight excluding hydrogens is 251 g/mol. The first kappa shape index (κ1) is 14.4. The average molecular weight is 271 g/mol. The van der Waals surface area contributed by atoms with Gasteiger partial charge in [0.2, 0.25) is 0 Å². The normalized spacial score (nSPS) is 28.4. The van der Waals surface area contributed by atoms with Crippen molar-refractivity contribution >= 4 is 0 Å². The predicted molar refractivity (Wildman–Crippen MR) is 69.6 cm³/mol. The second-order valence-electron chi connectivity index (χ2n) is 5.58. The maximum Gasteiger partial charge on any atom is 0.416 e. The maximum atomic E-state index is 12.5. The van der Waals surface area contributed by atoms with Gasteiger partial charge in [0.15, 0.2) is 0 Å². The third-order valence-corrected chi connectivity index (χ3v) is 4.36. The lowest BCUT2D eigenvalue weighted by Crippen LogP contribution is -2.40. The van der Waals surface area contributed by atoms with E-state index in [0.29, 0.717) is 5.92 Å². The van der Waals surface area contributed by atoms with Crippen LogP contribution in [0.4, 0.5) is 13.2 Å². The Hall–Kier alpha value is -1.03. The summed E-state index contributed by atoms with van der Waals surface area (Å²) in [6.07, 6.45) is 0.721. The molecule has 0 amide bonds. The Bertz CT molecular complexity index is 414. The molecule has 0 aliphatic heterocycles. The van der Waals surface area contributed by atoms with E-state index < -0.39 is 17.3 Å². The monoisotopic (exact) mass is 271 g/mol. The summed E-state index contributed by atoms with van der Waals surface area (Å²) in [4.78, 5) is 0. The smallest absolute Gasteiger partial charge is 0.321 e. The first-order valence-electron chi connectivity index (χ1n) is 6.82. The summed E-state index contributed by atoms with van der Waals surface area (Å²) in [5.41, 5.74) is 6.15. The Kier molecular flexibility index (Phi) is 3.90. The average Bonchev–Trinajstić information content (AvgIpc) is 2.39. The quantitative estimate of drug-likeness (QED) is 0.844. The van der Waals surface area contributed by atoms with E-state index >= 15 is 0 Å². The first-order valence-corrected chi connectivity index (χ1v) is 6.82. The van der Waals surface area contributed by atoms with Crippen molar-refractivity contribution in [3.8, 4) is 0 Å². The van der Waals surface area contributed by atoms with Crippen molar-refractivity contribution in [2.45, 2.75) is 50.7 Å². The van der Waals surface area contributed by atoms with E-state index in [1.807, 2.05) is 0 Å². The van der Waals surface area contributed by atoms with Gasteiger partial charge in [-0.1, -0.05) is 25.5 Å². The fourth-order valence-electron chi connectivity index (χ4n) is 2.88. The van der Waals surface area contributed by atoms with Gasteiger partial charge in [-0.2, -0.15) is 13.2 Å². The molecule has 0 radical (unpaired) electrons. The SMILES string of the molecule is CCC1CCC(N)(c2ccc(C(F)(F)F)cc2)CC1. The number of hydrogen-bond acceptors (Lipinski definition) is 1. The number of rotatable bonds is 2. The van der Waals surface area contributed by atoms with E-state index in [9.17, 15) is 13.2 Å². The molecule has 0 unspecified atom stereocenters. The zero-order valence-electron chi connectivity index (χ0n) is 11.1. The highest BCUT2D eigenvalue weighted by Gasteiger charge is 2.34. The van der Waals surface area contributed by atoms with Crippen LogP contribution >= 0.6 is 0 Å². The molecule has 0 atom stereocenters. The highest BCUT2D eigenvalue weighted by molar-refractivity contribution is 5.30. The summed E-state index contributed by atoms with van der Waals surface area (Å²) < 4.78 is 37.6. The molecule has 0 heterocycles. The minimum atomic E-state index is -4.28. The fourth-order valence-corrected chi connectivity index (χ4v) is 2.88. The Morgan fingerprint density at radius 3 is 2.11 bits per heavy atom. The molecule has 0 aromatic heterocycles. The van der Waals surface area contributed by atoms with E-state index in [1.165, 1.54) is 12.1 Å². The van der Waals surface area contributed by atoms with E-state index in [2.05, 4.69) is 6.92 Å². The molecule has 1 aliphatic rings. The second-order valence-corrected chi connectivity index (χ2v) is 5.58. The number of halogens is 3. The summed E-state index contributed by atoms with van der Waals surface area (Å²) in [6.45, 7) is 2.17. The molecule has 1 nitrogen and oxygen atoms in total. The van der Waals surface area contributed by atoms with Crippen molar-refractivity contribution < 1.29 is 13.2 Å². The summed E-state index contributed by atoms with van der Waals surface area (Å²) in [5, 5.41) is 0. The molecule has 0 spiro atoms. The van der Waals surface area contributed by atoms with Crippen molar-refractivity contribution in [3.63, 3.8) is 0 Å². The topological polar surface area (TPSA) is 26.0 Å². The van der Waals surface area contributed by atoms with Crippen LogP contribution in [0.2, 0.25) is 0 Å². The van der Waals surface area contributed by atoms with Gasteiger partial charge in [-0.3, -0.25) is 0 Å². The standard InChI is InChI=1S/C15H20F3N/c1-2-11-7-9-14(19,10-8-11)12-3-5-13(6-4-12)15(16,17)18/h3-6,11H,2,7-10,19H2,1H3. The van der Waals surface area contributed by atoms with Crippen LogP contribution in [0.5, 0.6) is 0 Å². The second kappa shape index (κ2) is 5.16. The summed E-state index contributed by atoms with van der Waals surface area (Å²) in [5.74, 6) is 0.714. The summed E-state index contributed by atoms with van der Waals surface area (Å²) >= 11 is 0. The molecule has 0 bridgehead atoms. The van der Waals surface area contributed by atoms with E-state index in [1.54, 1.807) is 0 Å². The molecule has 1 fully saturated rings. The number of hydrogen-bond donors (Lipinski definition) is 1. The number of benzene rings is 1. The minimum absolute atomic E-state index is 0.449. The third-order valence-electron chi connectivity index (χ3n) is 4.36. The van der Waals surface area contributed by atoms with Crippen LogP contribution in [0.3, 0.4) is 0 Å². The van der Waals surface area contributed by atoms with Crippen LogP contribution < -0.4 is 5.73 Å². The van der Waals surface area contributed by atoms with Crippen molar-refractivity contribution in [1.29, 1.82) is 0 Å². The summed E-state index contributed by atoms with van der Waals surface area (Å²) in [6, 6.07) is 5.34. The number of alkyl halides is 3. The van der Waals surface area contributed by atoms with Crippen LogP contribution in [-0.4, -0.2) is 0 Å². The minimum Gasteiger partial charge on any atom is -0.321 e. The molecule has 2 N–H and O–H groups in total. The van der Waals surface area contributed by atoms with E-state index in [-0.39, 0.29) is 0 Å². The molecule has 4 heteroatoms.